The Bertz CT molecular complexity index is 585. The van der Waals surface area contributed by atoms with Crippen LogP contribution >= 0.6 is 0 Å². The molecule has 0 unspecified atom stereocenters. The third-order valence-electron chi connectivity index (χ3n) is 4.85. The zero-order chi connectivity index (χ0) is 15.7. The summed E-state index contributed by atoms with van der Waals surface area (Å²) in [6.07, 6.45) is 3.40. The molecule has 3 heterocycles. The normalized spacial score (nSPS) is 20.5. The van der Waals surface area contributed by atoms with Crippen LogP contribution in [0.4, 0.5) is 0 Å². The fourth-order valence-electron chi connectivity index (χ4n) is 3.45. The van der Waals surface area contributed by atoms with Gasteiger partial charge >= 0.3 is 5.97 Å². The van der Waals surface area contributed by atoms with Gasteiger partial charge in [-0.2, -0.15) is 0 Å². The molecule has 2 fully saturated rings. The molecular formula is C16H21NO5. The lowest BCUT2D eigenvalue weighted by Crippen LogP contribution is -2.35. The van der Waals surface area contributed by atoms with Gasteiger partial charge in [-0.3, -0.25) is 4.79 Å². The fraction of sp³-hybridized carbons (Fsp3) is 0.625. The summed E-state index contributed by atoms with van der Waals surface area (Å²) >= 11 is 0. The number of rotatable bonds is 3. The minimum absolute atomic E-state index is 0.0887. The zero-order valence-corrected chi connectivity index (χ0v) is 12.8. The molecule has 120 valence electrons. The highest BCUT2D eigenvalue weighted by molar-refractivity contribution is 5.96. The molecule has 0 aromatic carbocycles. The van der Waals surface area contributed by atoms with Crippen LogP contribution in [0.2, 0.25) is 0 Å². The van der Waals surface area contributed by atoms with Crippen LogP contribution in [0.5, 0.6) is 0 Å². The monoisotopic (exact) mass is 307 g/mol. The lowest BCUT2D eigenvalue weighted by Gasteiger charge is -2.32. The SMILES string of the molecule is CCc1oc(C(=O)N2CCC3(CCOCC3)C2)cc1C(=O)O. The van der Waals surface area contributed by atoms with Crippen LogP contribution in [0.1, 0.15) is 52.9 Å². The average molecular weight is 307 g/mol. The molecule has 2 aliphatic heterocycles. The Morgan fingerprint density at radius 2 is 2.05 bits per heavy atom. The lowest BCUT2D eigenvalue weighted by atomic mass is 9.80. The van der Waals surface area contributed by atoms with Gasteiger partial charge in [0.05, 0.1) is 0 Å². The van der Waals surface area contributed by atoms with E-state index < -0.39 is 5.97 Å². The number of nitrogens with zero attached hydrogens (tertiary/aromatic N) is 1. The van der Waals surface area contributed by atoms with Crippen LogP contribution < -0.4 is 0 Å². The highest BCUT2D eigenvalue weighted by atomic mass is 16.5. The molecule has 2 saturated heterocycles. The highest BCUT2D eigenvalue weighted by Gasteiger charge is 2.41. The Labute approximate surface area is 129 Å². The molecular weight excluding hydrogens is 286 g/mol. The van der Waals surface area contributed by atoms with Crippen molar-refractivity contribution in [3.8, 4) is 0 Å². The average Bonchev–Trinajstić information content (AvgIpc) is 3.12. The molecule has 3 rings (SSSR count). The van der Waals surface area contributed by atoms with Gasteiger partial charge in [0.25, 0.3) is 5.91 Å². The summed E-state index contributed by atoms with van der Waals surface area (Å²) in [5.41, 5.74) is 0.259. The fourth-order valence-corrected chi connectivity index (χ4v) is 3.45. The minimum atomic E-state index is -1.05. The van der Waals surface area contributed by atoms with E-state index in [2.05, 4.69) is 0 Å². The molecule has 0 atom stereocenters. The number of carboxylic acids is 1. The maximum atomic E-state index is 12.6. The summed E-state index contributed by atoms with van der Waals surface area (Å²) in [6, 6.07) is 1.36. The number of carboxylic acid groups (broad SMARTS) is 1. The van der Waals surface area contributed by atoms with Crippen molar-refractivity contribution < 1.29 is 23.8 Å². The van der Waals surface area contributed by atoms with Crippen LogP contribution in [0.25, 0.3) is 0 Å². The number of furan rings is 1. The molecule has 0 bridgehead atoms. The Morgan fingerprint density at radius 1 is 1.32 bits per heavy atom. The van der Waals surface area contributed by atoms with Gasteiger partial charge < -0.3 is 19.2 Å². The van der Waals surface area contributed by atoms with Crippen molar-refractivity contribution in [3.05, 3.63) is 23.2 Å². The summed E-state index contributed by atoms with van der Waals surface area (Å²) in [7, 11) is 0. The van der Waals surface area contributed by atoms with E-state index in [-0.39, 0.29) is 22.6 Å². The zero-order valence-electron chi connectivity index (χ0n) is 12.8. The Kier molecular flexibility index (Phi) is 3.95. The van der Waals surface area contributed by atoms with Gasteiger partial charge in [0.15, 0.2) is 5.76 Å². The summed E-state index contributed by atoms with van der Waals surface area (Å²) in [6.45, 7) is 4.73. The second-order valence-corrected chi connectivity index (χ2v) is 6.20. The summed E-state index contributed by atoms with van der Waals surface area (Å²) in [5.74, 6) is -0.762. The van der Waals surface area contributed by atoms with Crippen molar-refractivity contribution in [2.24, 2.45) is 5.41 Å². The van der Waals surface area contributed by atoms with Gasteiger partial charge in [-0.15, -0.1) is 0 Å². The third kappa shape index (κ3) is 2.63. The largest absolute Gasteiger partial charge is 0.478 e. The van der Waals surface area contributed by atoms with Gasteiger partial charge in [-0.05, 0) is 24.7 Å². The number of aromatic carboxylic acids is 1. The van der Waals surface area contributed by atoms with E-state index in [9.17, 15) is 9.59 Å². The molecule has 1 spiro atoms. The second-order valence-electron chi connectivity index (χ2n) is 6.20. The summed E-state index contributed by atoms with van der Waals surface area (Å²) in [5, 5.41) is 9.16. The first-order valence-electron chi connectivity index (χ1n) is 7.78. The van der Waals surface area contributed by atoms with Gasteiger partial charge in [-0.25, -0.2) is 4.79 Å². The van der Waals surface area contributed by atoms with Crippen molar-refractivity contribution in [1.29, 1.82) is 0 Å². The highest BCUT2D eigenvalue weighted by Crippen LogP contribution is 2.40. The van der Waals surface area contributed by atoms with Crippen molar-refractivity contribution in [3.63, 3.8) is 0 Å². The van der Waals surface area contributed by atoms with Crippen LogP contribution in [-0.2, 0) is 11.2 Å². The van der Waals surface area contributed by atoms with Crippen LogP contribution in [-0.4, -0.2) is 48.2 Å². The Hall–Kier alpha value is -1.82. The number of likely N-dealkylation sites (tertiary alicyclic amines) is 1. The summed E-state index contributed by atoms with van der Waals surface area (Å²) in [4.78, 5) is 25.6. The van der Waals surface area contributed by atoms with E-state index in [1.165, 1.54) is 6.07 Å². The quantitative estimate of drug-likeness (QED) is 0.926. The van der Waals surface area contributed by atoms with E-state index in [1.54, 1.807) is 4.90 Å². The molecule has 1 aromatic heterocycles. The maximum absolute atomic E-state index is 12.6. The first kappa shape index (κ1) is 15.1. The van der Waals surface area contributed by atoms with Crippen molar-refractivity contribution in [2.45, 2.75) is 32.6 Å². The lowest BCUT2D eigenvalue weighted by molar-refractivity contribution is 0.0188. The van der Waals surface area contributed by atoms with Crippen molar-refractivity contribution in [2.75, 3.05) is 26.3 Å². The molecule has 0 radical (unpaired) electrons. The number of aryl methyl sites for hydroxylation is 1. The van der Waals surface area contributed by atoms with Gasteiger partial charge in [0.1, 0.15) is 11.3 Å². The third-order valence-corrected chi connectivity index (χ3v) is 4.85. The molecule has 2 aliphatic rings. The Morgan fingerprint density at radius 3 is 2.64 bits per heavy atom. The number of carbonyl (C=O) groups is 2. The predicted octanol–water partition coefficient (Wildman–Crippen LogP) is 2.18. The number of hydrogen-bond donors (Lipinski definition) is 1. The number of ether oxygens (including phenoxy) is 1. The molecule has 1 N–H and O–H groups in total. The number of hydrogen-bond acceptors (Lipinski definition) is 4. The van der Waals surface area contributed by atoms with Gasteiger partial charge in [0, 0.05) is 38.8 Å². The minimum Gasteiger partial charge on any atom is -0.478 e. The predicted molar refractivity (Wildman–Crippen MR) is 78.1 cm³/mol. The molecule has 6 heteroatoms. The first-order chi connectivity index (χ1) is 10.5. The standard InChI is InChI=1S/C16H21NO5/c1-2-12-11(15(19)20)9-13(22-12)14(18)17-6-3-16(10-17)4-7-21-8-5-16/h9H,2-8,10H2,1H3,(H,19,20). The van der Waals surface area contributed by atoms with Crippen LogP contribution in [0.15, 0.2) is 10.5 Å². The van der Waals surface area contributed by atoms with Crippen LogP contribution in [0.3, 0.4) is 0 Å². The molecule has 6 nitrogen and oxygen atoms in total. The van der Waals surface area contributed by atoms with E-state index in [0.717, 1.165) is 32.5 Å². The number of carbonyl (C=O) groups excluding carboxylic acids is 1. The summed E-state index contributed by atoms with van der Waals surface area (Å²) < 4.78 is 10.9. The smallest absolute Gasteiger partial charge is 0.339 e. The molecule has 0 aliphatic carbocycles. The Balaban J connectivity index is 1.76. The molecule has 1 amide bonds. The number of amides is 1. The van der Waals surface area contributed by atoms with Gasteiger partial charge in [0.2, 0.25) is 0 Å². The van der Waals surface area contributed by atoms with E-state index in [0.29, 0.717) is 25.3 Å². The second kappa shape index (κ2) is 5.76. The van der Waals surface area contributed by atoms with Crippen molar-refractivity contribution >= 4 is 11.9 Å². The van der Waals surface area contributed by atoms with E-state index in [1.807, 2.05) is 6.92 Å². The maximum Gasteiger partial charge on any atom is 0.339 e. The van der Waals surface area contributed by atoms with Crippen molar-refractivity contribution in [1.82, 2.24) is 4.90 Å². The van der Waals surface area contributed by atoms with Gasteiger partial charge in [-0.1, -0.05) is 6.92 Å². The van der Waals surface area contributed by atoms with E-state index in [4.69, 9.17) is 14.3 Å². The van der Waals surface area contributed by atoms with E-state index >= 15 is 0 Å². The molecule has 0 saturated carbocycles. The molecule has 1 aromatic rings. The molecule has 22 heavy (non-hydrogen) atoms. The topological polar surface area (TPSA) is 80.0 Å². The first-order valence-corrected chi connectivity index (χ1v) is 7.78. The van der Waals surface area contributed by atoms with Crippen LogP contribution in [0, 0.1) is 5.41 Å².